The van der Waals surface area contributed by atoms with E-state index in [2.05, 4.69) is 0 Å². The van der Waals surface area contributed by atoms with Crippen molar-refractivity contribution in [1.82, 2.24) is 4.90 Å². The number of rotatable bonds is 7. The number of methoxy groups -OCH3 is 1. The van der Waals surface area contributed by atoms with Crippen molar-refractivity contribution in [2.75, 3.05) is 26.8 Å². The maximum atomic E-state index is 12.3. The van der Waals surface area contributed by atoms with E-state index in [-0.39, 0.29) is 35.7 Å². The maximum absolute atomic E-state index is 12.3. The summed E-state index contributed by atoms with van der Waals surface area (Å²) in [5.41, 5.74) is 4.80. The minimum atomic E-state index is -0.241. The van der Waals surface area contributed by atoms with Crippen molar-refractivity contribution in [3.05, 3.63) is 0 Å². The SMILES string of the molecule is CC(C)C(N)=O.COC(=O)C1CCN(C(=O)C[C@@H](C)OCC2CCCCC2)CC1. The highest BCUT2D eigenvalue weighted by Gasteiger charge is 2.28. The standard InChI is InChI=1S/C18H31NO4.C4H9NO/c1-14(23-13-15-6-4-3-5-7-15)12-17(20)19-10-8-16(9-11-19)18(21)22-2;1-3(2)4(5)6/h14-16H,3-13H2,1-2H3;3H,1-2H3,(H2,5,6)/t14-;/m1./s1. The third-order valence-corrected chi connectivity index (χ3v) is 5.75. The summed E-state index contributed by atoms with van der Waals surface area (Å²) in [6.45, 7) is 7.60. The van der Waals surface area contributed by atoms with Gasteiger partial charge in [0.1, 0.15) is 0 Å². The Morgan fingerprint density at radius 2 is 1.55 bits per heavy atom. The van der Waals surface area contributed by atoms with Crippen LogP contribution in [0.15, 0.2) is 0 Å². The lowest BCUT2D eigenvalue weighted by Crippen LogP contribution is -2.41. The van der Waals surface area contributed by atoms with Gasteiger partial charge in [-0.1, -0.05) is 33.1 Å². The first kappa shape index (κ1) is 25.4. The number of amides is 2. The average molecular weight is 413 g/mol. The molecule has 1 saturated carbocycles. The van der Waals surface area contributed by atoms with Gasteiger partial charge in [0.15, 0.2) is 0 Å². The van der Waals surface area contributed by atoms with E-state index in [1.807, 2.05) is 11.8 Å². The molecule has 0 bridgehead atoms. The first-order chi connectivity index (χ1) is 13.7. The molecule has 0 spiro atoms. The van der Waals surface area contributed by atoms with Crippen LogP contribution in [0.5, 0.6) is 0 Å². The third kappa shape index (κ3) is 10.1. The van der Waals surface area contributed by atoms with Gasteiger partial charge in [-0.15, -0.1) is 0 Å². The summed E-state index contributed by atoms with van der Waals surface area (Å²) in [7, 11) is 1.42. The van der Waals surface area contributed by atoms with E-state index in [1.54, 1.807) is 13.8 Å². The van der Waals surface area contributed by atoms with Crippen LogP contribution >= 0.6 is 0 Å². The molecular weight excluding hydrogens is 372 g/mol. The minimum Gasteiger partial charge on any atom is -0.469 e. The van der Waals surface area contributed by atoms with Gasteiger partial charge in [-0.05, 0) is 38.5 Å². The Balaban J connectivity index is 0.000000612. The summed E-state index contributed by atoms with van der Waals surface area (Å²) < 4.78 is 10.7. The third-order valence-electron chi connectivity index (χ3n) is 5.75. The smallest absolute Gasteiger partial charge is 0.308 e. The number of piperidine rings is 1. The van der Waals surface area contributed by atoms with E-state index in [1.165, 1.54) is 39.2 Å². The zero-order chi connectivity index (χ0) is 21.8. The van der Waals surface area contributed by atoms with Gasteiger partial charge in [0.2, 0.25) is 11.8 Å². The number of likely N-dealkylation sites (tertiary alicyclic amines) is 1. The Labute approximate surface area is 175 Å². The number of primary amides is 1. The Kier molecular flexibility index (Phi) is 11.9. The van der Waals surface area contributed by atoms with Crippen LogP contribution < -0.4 is 5.73 Å². The Morgan fingerprint density at radius 1 is 1.00 bits per heavy atom. The summed E-state index contributed by atoms with van der Waals surface area (Å²) in [6, 6.07) is 0. The largest absolute Gasteiger partial charge is 0.469 e. The van der Waals surface area contributed by atoms with Gasteiger partial charge in [-0.2, -0.15) is 0 Å². The molecule has 0 aromatic rings. The summed E-state index contributed by atoms with van der Waals surface area (Å²) in [5, 5.41) is 0. The van der Waals surface area contributed by atoms with Crippen LogP contribution in [0.2, 0.25) is 0 Å². The molecule has 1 saturated heterocycles. The topological polar surface area (TPSA) is 98.9 Å². The monoisotopic (exact) mass is 412 g/mol. The zero-order valence-corrected chi connectivity index (χ0v) is 18.7. The van der Waals surface area contributed by atoms with Crippen molar-refractivity contribution >= 4 is 17.8 Å². The van der Waals surface area contributed by atoms with E-state index in [4.69, 9.17) is 15.2 Å². The van der Waals surface area contributed by atoms with Crippen molar-refractivity contribution < 1.29 is 23.9 Å². The van der Waals surface area contributed by atoms with E-state index >= 15 is 0 Å². The fourth-order valence-electron chi connectivity index (χ4n) is 3.62. The fraction of sp³-hybridized carbons (Fsp3) is 0.864. The summed E-state index contributed by atoms with van der Waals surface area (Å²) >= 11 is 0. The number of hydrogen-bond donors (Lipinski definition) is 1. The summed E-state index contributed by atoms with van der Waals surface area (Å²) in [4.78, 5) is 35.6. The van der Waals surface area contributed by atoms with E-state index < -0.39 is 0 Å². The highest BCUT2D eigenvalue weighted by Crippen LogP contribution is 2.24. The van der Waals surface area contributed by atoms with Crippen LogP contribution in [0.4, 0.5) is 0 Å². The minimum absolute atomic E-state index is 0.00926. The quantitative estimate of drug-likeness (QED) is 0.648. The van der Waals surface area contributed by atoms with Gasteiger partial charge in [-0.25, -0.2) is 0 Å². The lowest BCUT2D eigenvalue weighted by atomic mass is 9.90. The maximum Gasteiger partial charge on any atom is 0.308 e. The fourth-order valence-corrected chi connectivity index (χ4v) is 3.62. The van der Waals surface area contributed by atoms with Gasteiger partial charge in [0, 0.05) is 25.6 Å². The molecule has 168 valence electrons. The molecular formula is C22H40N2O5. The van der Waals surface area contributed by atoms with Crippen LogP contribution in [0.3, 0.4) is 0 Å². The molecule has 2 N–H and O–H groups in total. The van der Waals surface area contributed by atoms with Crippen molar-refractivity contribution in [2.24, 2.45) is 23.5 Å². The van der Waals surface area contributed by atoms with Crippen LogP contribution in [-0.2, 0) is 23.9 Å². The van der Waals surface area contributed by atoms with Gasteiger partial charge in [0.05, 0.1) is 25.6 Å². The number of nitrogens with zero attached hydrogens (tertiary/aromatic N) is 1. The average Bonchev–Trinajstić information content (AvgIpc) is 2.73. The predicted octanol–water partition coefficient (Wildman–Crippen LogP) is 2.90. The van der Waals surface area contributed by atoms with Gasteiger partial charge in [0.25, 0.3) is 0 Å². The molecule has 1 heterocycles. The van der Waals surface area contributed by atoms with Crippen LogP contribution in [0.1, 0.15) is 72.1 Å². The molecule has 7 heteroatoms. The van der Waals surface area contributed by atoms with Gasteiger partial charge < -0.3 is 20.1 Å². The Bertz CT molecular complexity index is 509. The first-order valence-electron chi connectivity index (χ1n) is 11.0. The van der Waals surface area contributed by atoms with Crippen molar-refractivity contribution in [1.29, 1.82) is 0 Å². The summed E-state index contributed by atoms with van der Waals surface area (Å²) in [6.07, 6.45) is 8.34. The predicted molar refractivity (Wildman–Crippen MR) is 112 cm³/mol. The molecule has 29 heavy (non-hydrogen) atoms. The van der Waals surface area contributed by atoms with Gasteiger partial charge in [-0.3, -0.25) is 14.4 Å². The number of carbonyl (C=O) groups excluding carboxylic acids is 3. The lowest BCUT2D eigenvalue weighted by molar-refractivity contribution is -0.149. The molecule has 7 nitrogen and oxygen atoms in total. The van der Waals surface area contributed by atoms with E-state index in [0.29, 0.717) is 38.3 Å². The number of nitrogens with two attached hydrogens (primary N) is 1. The first-order valence-corrected chi connectivity index (χ1v) is 11.0. The number of hydrogen-bond acceptors (Lipinski definition) is 5. The van der Waals surface area contributed by atoms with E-state index in [9.17, 15) is 14.4 Å². The normalized spacial score (nSPS) is 19.3. The molecule has 0 aromatic heterocycles. The number of carbonyl (C=O) groups is 3. The molecule has 1 aliphatic carbocycles. The second-order valence-corrected chi connectivity index (χ2v) is 8.59. The van der Waals surface area contributed by atoms with Crippen LogP contribution in [0, 0.1) is 17.8 Å². The molecule has 1 atom stereocenters. The molecule has 2 rings (SSSR count). The Hall–Kier alpha value is -1.63. The molecule has 0 radical (unpaired) electrons. The molecule has 2 aliphatic rings. The highest BCUT2D eigenvalue weighted by atomic mass is 16.5. The number of esters is 1. The van der Waals surface area contributed by atoms with Crippen molar-refractivity contribution in [3.8, 4) is 0 Å². The van der Waals surface area contributed by atoms with E-state index in [0.717, 1.165) is 6.61 Å². The summed E-state index contributed by atoms with van der Waals surface area (Å²) in [5.74, 6) is 0.367. The van der Waals surface area contributed by atoms with Crippen molar-refractivity contribution in [2.45, 2.75) is 78.2 Å². The van der Waals surface area contributed by atoms with Crippen LogP contribution in [0.25, 0.3) is 0 Å². The highest BCUT2D eigenvalue weighted by molar-refractivity contribution is 5.77. The number of ether oxygens (including phenoxy) is 2. The second kappa shape index (κ2) is 13.6. The Morgan fingerprint density at radius 3 is 2.03 bits per heavy atom. The molecule has 0 aromatic carbocycles. The van der Waals surface area contributed by atoms with Gasteiger partial charge >= 0.3 is 5.97 Å². The second-order valence-electron chi connectivity index (χ2n) is 8.59. The lowest BCUT2D eigenvalue weighted by Gasteiger charge is -2.31. The zero-order valence-electron chi connectivity index (χ0n) is 18.7. The molecule has 0 unspecified atom stereocenters. The van der Waals surface area contributed by atoms with Crippen LogP contribution in [-0.4, -0.2) is 55.6 Å². The molecule has 1 aliphatic heterocycles. The van der Waals surface area contributed by atoms with Crippen molar-refractivity contribution in [3.63, 3.8) is 0 Å². The molecule has 2 amide bonds. The molecule has 2 fully saturated rings.